The summed E-state index contributed by atoms with van der Waals surface area (Å²) in [5, 5.41) is 7.12. The van der Waals surface area contributed by atoms with E-state index in [2.05, 4.69) is 75.3 Å². The third-order valence-corrected chi connectivity index (χ3v) is 6.78. The number of hydrogen-bond donors (Lipinski definition) is 1. The van der Waals surface area contributed by atoms with Crippen LogP contribution in [0.4, 0.5) is 5.69 Å². The molecule has 1 amide bonds. The summed E-state index contributed by atoms with van der Waals surface area (Å²) < 4.78 is 5.35. The quantitative estimate of drug-likeness (QED) is 0.569. The van der Waals surface area contributed by atoms with Crippen LogP contribution >= 0.6 is 0 Å². The van der Waals surface area contributed by atoms with Crippen molar-refractivity contribution in [1.29, 1.82) is 0 Å². The summed E-state index contributed by atoms with van der Waals surface area (Å²) in [6, 6.07) is 6.68. The number of nitrogens with zero attached hydrogens (tertiary/aromatic N) is 5. The second-order valence-corrected chi connectivity index (χ2v) is 9.58. The van der Waals surface area contributed by atoms with Gasteiger partial charge in [0.15, 0.2) is 5.82 Å². The molecule has 2 aliphatic heterocycles. The van der Waals surface area contributed by atoms with Gasteiger partial charge in [-0.1, -0.05) is 23.4 Å². The molecule has 0 radical (unpaired) electrons. The molecule has 0 saturated carbocycles. The smallest absolute Gasteiger partial charge is 0.227 e. The van der Waals surface area contributed by atoms with Gasteiger partial charge in [0.05, 0.1) is 0 Å². The minimum Gasteiger partial charge on any atom is -0.369 e. The lowest BCUT2D eigenvalue weighted by Crippen LogP contribution is -2.47. The lowest BCUT2D eigenvalue weighted by molar-refractivity contribution is -0.121. The Morgan fingerprint density at radius 3 is 2.74 bits per heavy atom. The van der Waals surface area contributed by atoms with Crippen LogP contribution in [0.5, 0.6) is 0 Å². The number of carbonyl (C=O) groups is 1. The zero-order chi connectivity index (χ0) is 23.9. The van der Waals surface area contributed by atoms with E-state index in [1.807, 2.05) is 0 Å². The van der Waals surface area contributed by atoms with Crippen molar-refractivity contribution in [2.45, 2.75) is 39.5 Å². The summed E-state index contributed by atoms with van der Waals surface area (Å²) in [7, 11) is 2.10. The normalized spacial score (nSPS) is 17.6. The van der Waals surface area contributed by atoms with Crippen molar-refractivity contribution >= 4 is 17.2 Å². The van der Waals surface area contributed by atoms with Crippen LogP contribution in [-0.2, 0) is 11.2 Å². The first kappa shape index (κ1) is 24.4. The van der Waals surface area contributed by atoms with Crippen LogP contribution in [0.1, 0.15) is 42.1 Å². The lowest BCUT2D eigenvalue weighted by atomic mass is 10.1. The second-order valence-electron chi connectivity index (χ2n) is 9.58. The van der Waals surface area contributed by atoms with Gasteiger partial charge in [-0.2, -0.15) is 4.98 Å². The van der Waals surface area contributed by atoms with Gasteiger partial charge in [0.1, 0.15) is 0 Å². The number of benzene rings is 1. The minimum atomic E-state index is 0.0398. The molecule has 0 spiro atoms. The number of piperazine rings is 1. The molecular weight excluding hydrogens is 428 g/mol. The third kappa shape index (κ3) is 6.67. The molecular formula is C26H38N6O2. The lowest BCUT2D eigenvalue weighted by Gasteiger charge is -2.37. The van der Waals surface area contributed by atoms with E-state index in [-0.39, 0.29) is 5.91 Å². The predicted octanol–water partition coefficient (Wildman–Crippen LogP) is 2.67. The zero-order valence-electron chi connectivity index (χ0n) is 20.8. The summed E-state index contributed by atoms with van der Waals surface area (Å²) in [5.74, 6) is 1.24. The first-order chi connectivity index (χ1) is 16.5. The van der Waals surface area contributed by atoms with Crippen molar-refractivity contribution in [2.75, 3.05) is 64.3 Å². The first-order valence-corrected chi connectivity index (χ1v) is 12.5. The molecule has 4 rings (SSSR count). The van der Waals surface area contributed by atoms with Crippen molar-refractivity contribution in [1.82, 2.24) is 25.3 Å². The molecule has 1 saturated heterocycles. The SMILES string of the molecule is Cc1ccc(C)c(N2CCN(CCCNC(=O)CCc3nc(C4=CCN(C)CC4)no3)CC2)c1. The molecule has 1 N–H and O–H groups in total. The van der Waals surface area contributed by atoms with E-state index in [0.29, 0.717) is 31.1 Å². The number of amides is 1. The molecule has 1 aromatic heterocycles. The van der Waals surface area contributed by atoms with Gasteiger partial charge in [0.2, 0.25) is 11.8 Å². The number of nitrogens with one attached hydrogen (secondary N) is 1. The van der Waals surface area contributed by atoms with Gasteiger partial charge in [-0.3, -0.25) is 9.69 Å². The van der Waals surface area contributed by atoms with Crippen molar-refractivity contribution in [2.24, 2.45) is 0 Å². The van der Waals surface area contributed by atoms with Gasteiger partial charge in [-0.05, 0) is 63.0 Å². The standard InChI is InChI=1S/C26H38N6O2/c1-20-5-6-21(2)23(19-20)32-17-15-31(16-18-32)12-4-11-27-24(33)7-8-25-28-26(29-34-25)22-9-13-30(3)14-10-22/h5-6,9,19H,4,7-8,10-18H2,1-3H3,(H,27,33). The topological polar surface area (TPSA) is 77.7 Å². The minimum absolute atomic E-state index is 0.0398. The Bertz CT molecular complexity index is 993. The first-order valence-electron chi connectivity index (χ1n) is 12.5. The predicted molar refractivity (Wildman–Crippen MR) is 135 cm³/mol. The van der Waals surface area contributed by atoms with Gasteiger partial charge in [0, 0.05) is 64.3 Å². The third-order valence-electron chi connectivity index (χ3n) is 6.78. The highest BCUT2D eigenvalue weighted by molar-refractivity contribution is 5.76. The Kier molecular flexibility index (Phi) is 8.34. The van der Waals surface area contributed by atoms with Crippen LogP contribution in [0.2, 0.25) is 0 Å². The van der Waals surface area contributed by atoms with E-state index >= 15 is 0 Å². The maximum absolute atomic E-state index is 12.2. The van der Waals surface area contributed by atoms with E-state index in [1.165, 1.54) is 16.8 Å². The van der Waals surface area contributed by atoms with Gasteiger partial charge >= 0.3 is 0 Å². The van der Waals surface area contributed by atoms with Gasteiger partial charge in [-0.15, -0.1) is 0 Å². The van der Waals surface area contributed by atoms with Crippen LogP contribution in [-0.4, -0.2) is 85.3 Å². The molecule has 0 bridgehead atoms. The Balaban J connectivity index is 1.10. The molecule has 0 atom stereocenters. The van der Waals surface area contributed by atoms with E-state index in [4.69, 9.17) is 4.52 Å². The summed E-state index contributed by atoms with van der Waals surface area (Å²) >= 11 is 0. The zero-order valence-corrected chi connectivity index (χ0v) is 20.8. The number of carbonyl (C=O) groups excluding carboxylic acids is 1. The van der Waals surface area contributed by atoms with Gasteiger partial charge in [-0.25, -0.2) is 0 Å². The maximum Gasteiger partial charge on any atom is 0.227 e. The average Bonchev–Trinajstić information content (AvgIpc) is 3.32. The largest absolute Gasteiger partial charge is 0.369 e. The van der Waals surface area contributed by atoms with Gasteiger partial charge < -0.3 is 19.6 Å². The Morgan fingerprint density at radius 2 is 1.97 bits per heavy atom. The molecule has 34 heavy (non-hydrogen) atoms. The van der Waals surface area contributed by atoms with E-state index < -0.39 is 0 Å². The number of aromatic nitrogens is 2. The summed E-state index contributed by atoms with van der Waals surface area (Å²) in [6.07, 6.45) is 4.89. The fraction of sp³-hybridized carbons (Fsp3) is 0.577. The maximum atomic E-state index is 12.2. The molecule has 2 aromatic rings. The molecule has 8 nitrogen and oxygen atoms in total. The van der Waals surface area contributed by atoms with Gasteiger partial charge in [0.25, 0.3) is 0 Å². The van der Waals surface area contributed by atoms with Crippen molar-refractivity contribution in [3.05, 3.63) is 47.1 Å². The summed E-state index contributed by atoms with van der Waals surface area (Å²) in [5.41, 5.74) is 5.15. The molecule has 1 aromatic carbocycles. The summed E-state index contributed by atoms with van der Waals surface area (Å²) in [4.78, 5) is 23.9. The monoisotopic (exact) mass is 466 g/mol. The molecule has 0 aliphatic carbocycles. The van der Waals surface area contributed by atoms with E-state index in [0.717, 1.165) is 64.2 Å². The van der Waals surface area contributed by atoms with Crippen LogP contribution < -0.4 is 10.2 Å². The highest BCUT2D eigenvalue weighted by Crippen LogP contribution is 2.23. The van der Waals surface area contributed by atoms with Crippen LogP contribution in [0.15, 0.2) is 28.8 Å². The number of likely N-dealkylation sites (N-methyl/N-ethyl adjacent to an activating group) is 1. The highest BCUT2D eigenvalue weighted by Gasteiger charge is 2.19. The molecule has 0 unspecified atom stereocenters. The van der Waals surface area contributed by atoms with Crippen LogP contribution in [0, 0.1) is 13.8 Å². The average molecular weight is 467 g/mol. The fourth-order valence-electron chi connectivity index (χ4n) is 4.57. The van der Waals surface area contributed by atoms with Crippen molar-refractivity contribution in [3.63, 3.8) is 0 Å². The number of hydrogen-bond acceptors (Lipinski definition) is 7. The fourth-order valence-corrected chi connectivity index (χ4v) is 4.57. The summed E-state index contributed by atoms with van der Waals surface area (Å²) in [6.45, 7) is 12.2. The second kappa shape index (κ2) is 11.6. The number of aryl methyl sites for hydroxylation is 3. The molecule has 1 fully saturated rings. The molecule has 3 heterocycles. The molecule has 2 aliphatic rings. The Hall–Kier alpha value is -2.71. The van der Waals surface area contributed by atoms with Crippen LogP contribution in [0.3, 0.4) is 0 Å². The van der Waals surface area contributed by atoms with Crippen LogP contribution in [0.25, 0.3) is 5.57 Å². The molecule has 184 valence electrons. The highest BCUT2D eigenvalue weighted by atomic mass is 16.5. The number of rotatable bonds is 9. The van der Waals surface area contributed by atoms with E-state index in [9.17, 15) is 4.79 Å². The Morgan fingerprint density at radius 1 is 1.15 bits per heavy atom. The van der Waals surface area contributed by atoms with E-state index in [1.54, 1.807) is 0 Å². The Labute approximate surface area is 203 Å². The van der Waals surface area contributed by atoms with Crippen molar-refractivity contribution in [3.8, 4) is 0 Å². The molecule has 8 heteroatoms. The number of anilines is 1. The van der Waals surface area contributed by atoms with Crippen molar-refractivity contribution < 1.29 is 9.32 Å².